The van der Waals surface area contributed by atoms with Gasteiger partial charge in [0.1, 0.15) is 5.78 Å². The molecule has 0 spiro atoms. The topological polar surface area (TPSA) is 46.2 Å². The minimum atomic E-state index is -0.406. The molecular formula is C17H33NO2S. The zero-order valence-electron chi connectivity index (χ0n) is 15.2. The first-order chi connectivity index (χ1) is 9.20. The minimum Gasteiger partial charge on any atom is -0.299 e. The first-order valence-corrected chi connectivity index (χ1v) is 8.83. The van der Waals surface area contributed by atoms with E-state index in [-0.39, 0.29) is 27.9 Å². The molecule has 0 fully saturated rings. The number of thioether (sulfide) groups is 1. The fraction of sp³-hybridized carbons (Fsp3) is 0.882. The predicted octanol–water partition coefficient (Wildman–Crippen LogP) is 4.05. The highest BCUT2D eigenvalue weighted by Crippen LogP contribution is 2.26. The van der Waals surface area contributed by atoms with E-state index in [1.807, 2.05) is 47.8 Å². The Hall–Kier alpha value is -0.350. The molecule has 0 aromatic heterocycles. The zero-order valence-corrected chi connectivity index (χ0v) is 16.0. The molecular weight excluding hydrogens is 282 g/mol. The van der Waals surface area contributed by atoms with E-state index < -0.39 is 5.41 Å². The molecule has 0 aliphatic rings. The molecule has 0 aromatic rings. The Labute approximate surface area is 135 Å². The van der Waals surface area contributed by atoms with Crippen molar-refractivity contribution in [2.75, 3.05) is 6.26 Å². The van der Waals surface area contributed by atoms with Crippen molar-refractivity contribution in [3.8, 4) is 0 Å². The Kier molecular flexibility index (Phi) is 7.15. The third-order valence-corrected chi connectivity index (χ3v) is 4.72. The number of hydrogen-bond acceptors (Lipinski definition) is 4. The first kappa shape index (κ1) is 20.6. The second kappa shape index (κ2) is 7.28. The van der Waals surface area contributed by atoms with Gasteiger partial charge in [-0.15, -0.1) is 11.8 Å². The van der Waals surface area contributed by atoms with Crippen LogP contribution < -0.4 is 5.32 Å². The van der Waals surface area contributed by atoms with Gasteiger partial charge in [-0.2, -0.15) is 0 Å². The lowest BCUT2D eigenvalue weighted by molar-refractivity contribution is -0.130. The second-order valence-electron chi connectivity index (χ2n) is 8.24. The van der Waals surface area contributed by atoms with Crippen LogP contribution in [0.4, 0.5) is 0 Å². The van der Waals surface area contributed by atoms with E-state index >= 15 is 0 Å². The highest BCUT2D eigenvalue weighted by atomic mass is 32.2. The SMILES string of the molecule is CSC(C)(C)N[C@@H](CCC(=O)C(C)(C)C)C(=O)C(C)(C)C. The molecule has 0 unspecified atom stereocenters. The average Bonchev–Trinajstić information content (AvgIpc) is 2.30. The van der Waals surface area contributed by atoms with Gasteiger partial charge in [0.05, 0.1) is 10.9 Å². The van der Waals surface area contributed by atoms with Crippen molar-refractivity contribution in [2.24, 2.45) is 10.8 Å². The van der Waals surface area contributed by atoms with E-state index in [1.54, 1.807) is 11.8 Å². The van der Waals surface area contributed by atoms with Crippen LogP contribution in [0.15, 0.2) is 0 Å². The van der Waals surface area contributed by atoms with Crippen molar-refractivity contribution in [3.05, 3.63) is 0 Å². The Balaban J connectivity index is 5.00. The summed E-state index contributed by atoms with van der Waals surface area (Å²) in [5.41, 5.74) is -0.749. The van der Waals surface area contributed by atoms with E-state index in [0.29, 0.717) is 12.8 Å². The number of carbonyl (C=O) groups excluding carboxylic acids is 2. The van der Waals surface area contributed by atoms with E-state index in [2.05, 4.69) is 19.2 Å². The molecule has 0 bridgehead atoms. The van der Waals surface area contributed by atoms with Crippen molar-refractivity contribution in [2.45, 2.75) is 79.1 Å². The van der Waals surface area contributed by atoms with Gasteiger partial charge in [0, 0.05) is 17.3 Å². The van der Waals surface area contributed by atoms with Crippen molar-refractivity contribution in [1.29, 1.82) is 0 Å². The van der Waals surface area contributed by atoms with Crippen molar-refractivity contribution < 1.29 is 9.59 Å². The molecule has 4 heteroatoms. The normalized spacial score (nSPS) is 14.9. The molecule has 0 heterocycles. The van der Waals surface area contributed by atoms with Crippen molar-refractivity contribution >= 4 is 23.3 Å². The van der Waals surface area contributed by atoms with Gasteiger partial charge >= 0.3 is 0 Å². The van der Waals surface area contributed by atoms with E-state index in [9.17, 15) is 9.59 Å². The number of ketones is 2. The second-order valence-corrected chi connectivity index (χ2v) is 9.67. The third-order valence-electron chi connectivity index (χ3n) is 3.58. The summed E-state index contributed by atoms with van der Waals surface area (Å²) in [6, 6.07) is -0.279. The molecule has 124 valence electrons. The number of Topliss-reactive ketones (excluding diaryl/α,β-unsaturated/α-hetero) is 2. The Morgan fingerprint density at radius 3 is 1.76 bits per heavy atom. The molecule has 1 atom stereocenters. The molecule has 0 rings (SSSR count). The van der Waals surface area contributed by atoms with Gasteiger partial charge in [-0.05, 0) is 26.5 Å². The molecule has 3 nitrogen and oxygen atoms in total. The lowest BCUT2D eigenvalue weighted by atomic mass is 9.82. The summed E-state index contributed by atoms with van der Waals surface area (Å²) < 4.78 is 0. The van der Waals surface area contributed by atoms with Gasteiger partial charge in [0.25, 0.3) is 0 Å². The molecule has 0 saturated heterocycles. The monoisotopic (exact) mass is 315 g/mol. The zero-order chi connectivity index (χ0) is 17.1. The number of carbonyl (C=O) groups is 2. The predicted molar refractivity (Wildman–Crippen MR) is 92.7 cm³/mol. The number of hydrogen-bond donors (Lipinski definition) is 1. The molecule has 0 aromatic carbocycles. The minimum absolute atomic E-state index is 0.173. The van der Waals surface area contributed by atoms with Gasteiger partial charge in [-0.1, -0.05) is 41.5 Å². The molecule has 0 amide bonds. The number of nitrogens with one attached hydrogen (secondary N) is 1. The summed E-state index contributed by atoms with van der Waals surface area (Å²) in [6.07, 6.45) is 3.02. The summed E-state index contributed by atoms with van der Waals surface area (Å²) in [5, 5.41) is 3.42. The van der Waals surface area contributed by atoms with Crippen LogP contribution in [-0.2, 0) is 9.59 Å². The molecule has 1 N–H and O–H groups in total. The van der Waals surface area contributed by atoms with Crippen LogP contribution in [-0.4, -0.2) is 28.7 Å². The summed E-state index contributed by atoms with van der Waals surface area (Å²) in [4.78, 5) is 24.6. The Bertz CT molecular complexity index is 375. The highest BCUT2D eigenvalue weighted by molar-refractivity contribution is 7.99. The largest absolute Gasteiger partial charge is 0.299 e. The molecule has 0 aliphatic carbocycles. The van der Waals surface area contributed by atoms with Crippen LogP contribution in [0.3, 0.4) is 0 Å². The summed E-state index contributed by atoms with van der Waals surface area (Å²) >= 11 is 1.67. The highest BCUT2D eigenvalue weighted by Gasteiger charge is 2.34. The fourth-order valence-corrected chi connectivity index (χ4v) is 2.18. The van der Waals surface area contributed by atoms with Crippen LogP contribution in [0.2, 0.25) is 0 Å². The van der Waals surface area contributed by atoms with Gasteiger partial charge < -0.3 is 0 Å². The molecule has 0 saturated carbocycles. The number of rotatable bonds is 7. The van der Waals surface area contributed by atoms with Crippen LogP contribution in [0, 0.1) is 10.8 Å². The van der Waals surface area contributed by atoms with Gasteiger partial charge in [-0.3, -0.25) is 14.9 Å². The van der Waals surface area contributed by atoms with Gasteiger partial charge in [0.2, 0.25) is 0 Å². The quantitative estimate of drug-likeness (QED) is 0.720. The molecule has 21 heavy (non-hydrogen) atoms. The van der Waals surface area contributed by atoms with Gasteiger partial charge in [-0.25, -0.2) is 0 Å². The standard InChI is InChI=1S/C17H33NO2S/c1-15(2,3)13(19)11-10-12(14(20)16(4,5)6)18-17(7,8)21-9/h12,18H,10-11H2,1-9H3/t12-/m0/s1. The Morgan fingerprint density at radius 2 is 1.43 bits per heavy atom. The Morgan fingerprint density at radius 1 is 0.952 bits per heavy atom. The summed E-state index contributed by atoms with van der Waals surface area (Å²) in [5.74, 6) is 0.379. The fourth-order valence-electron chi connectivity index (χ4n) is 1.92. The summed E-state index contributed by atoms with van der Waals surface area (Å²) in [7, 11) is 0. The van der Waals surface area contributed by atoms with E-state index in [1.165, 1.54) is 0 Å². The van der Waals surface area contributed by atoms with E-state index in [4.69, 9.17) is 0 Å². The average molecular weight is 316 g/mol. The molecule has 0 radical (unpaired) electrons. The maximum Gasteiger partial charge on any atom is 0.155 e. The lowest BCUT2D eigenvalue weighted by Crippen LogP contribution is -2.51. The van der Waals surface area contributed by atoms with Crippen molar-refractivity contribution in [3.63, 3.8) is 0 Å². The van der Waals surface area contributed by atoms with Crippen molar-refractivity contribution in [1.82, 2.24) is 5.32 Å². The van der Waals surface area contributed by atoms with Crippen LogP contribution in [0.1, 0.15) is 68.2 Å². The van der Waals surface area contributed by atoms with Crippen LogP contribution in [0.25, 0.3) is 0 Å². The maximum atomic E-state index is 12.6. The maximum absolute atomic E-state index is 12.6. The molecule has 0 aliphatic heterocycles. The first-order valence-electron chi connectivity index (χ1n) is 7.61. The smallest absolute Gasteiger partial charge is 0.155 e. The van der Waals surface area contributed by atoms with Gasteiger partial charge in [0.15, 0.2) is 5.78 Å². The van der Waals surface area contributed by atoms with Crippen LogP contribution in [0.5, 0.6) is 0 Å². The summed E-state index contributed by atoms with van der Waals surface area (Å²) in [6.45, 7) is 15.7. The lowest BCUT2D eigenvalue weighted by Gasteiger charge is -2.33. The van der Waals surface area contributed by atoms with E-state index in [0.717, 1.165) is 0 Å². The van der Waals surface area contributed by atoms with Crippen LogP contribution >= 0.6 is 11.8 Å². The third kappa shape index (κ3) is 7.46.